The lowest BCUT2D eigenvalue weighted by Crippen LogP contribution is -2.57. The second kappa shape index (κ2) is 5.85. The van der Waals surface area contributed by atoms with Crippen LogP contribution in [0.4, 0.5) is 0 Å². The van der Waals surface area contributed by atoms with Crippen molar-refractivity contribution < 1.29 is 14.3 Å². The lowest BCUT2D eigenvalue weighted by atomic mass is 9.96. The highest BCUT2D eigenvalue weighted by Gasteiger charge is 2.39. The van der Waals surface area contributed by atoms with Gasteiger partial charge < -0.3 is 15.0 Å². The molecular weight excluding hydrogens is 268 g/mol. The first-order valence-corrected chi connectivity index (χ1v) is 7.39. The second-order valence-electron chi connectivity index (χ2n) is 5.74. The third-order valence-electron chi connectivity index (χ3n) is 4.42. The molecule has 2 aliphatic heterocycles. The Bertz CT molecular complexity index is 526. The summed E-state index contributed by atoms with van der Waals surface area (Å²) >= 11 is 0. The van der Waals surface area contributed by atoms with Gasteiger partial charge in [-0.1, -0.05) is 30.3 Å². The highest BCUT2D eigenvalue weighted by molar-refractivity contribution is 5.95. The van der Waals surface area contributed by atoms with Gasteiger partial charge in [-0.2, -0.15) is 0 Å². The van der Waals surface area contributed by atoms with Crippen LogP contribution in [0.1, 0.15) is 24.9 Å². The number of rotatable bonds is 3. The molecule has 0 bridgehead atoms. The Balaban J connectivity index is 1.81. The first-order valence-electron chi connectivity index (χ1n) is 7.39. The minimum Gasteiger partial charge on any atom is -0.381 e. The van der Waals surface area contributed by atoms with E-state index in [1.807, 2.05) is 37.3 Å². The number of nitrogens with zero attached hydrogens (tertiary/aromatic N) is 1. The Hall–Kier alpha value is -1.88. The molecular formula is C16H20N2O3. The normalized spacial score (nSPS) is 27.6. The van der Waals surface area contributed by atoms with Crippen LogP contribution in [0.3, 0.4) is 0 Å². The zero-order chi connectivity index (χ0) is 14.8. The minimum absolute atomic E-state index is 0.0252. The van der Waals surface area contributed by atoms with Crippen molar-refractivity contribution in [3.63, 3.8) is 0 Å². The summed E-state index contributed by atoms with van der Waals surface area (Å²) in [5.41, 5.74) is 0.829. The molecule has 2 heterocycles. The van der Waals surface area contributed by atoms with Crippen LogP contribution in [0.25, 0.3) is 0 Å². The molecule has 2 saturated heterocycles. The van der Waals surface area contributed by atoms with E-state index in [-0.39, 0.29) is 24.4 Å². The number of hydrogen-bond donors (Lipinski definition) is 1. The molecule has 1 N–H and O–H groups in total. The van der Waals surface area contributed by atoms with Gasteiger partial charge in [-0.15, -0.1) is 0 Å². The van der Waals surface area contributed by atoms with Crippen molar-refractivity contribution in [1.82, 2.24) is 10.2 Å². The molecule has 3 rings (SSSR count). The van der Waals surface area contributed by atoms with Crippen molar-refractivity contribution in [2.45, 2.75) is 25.4 Å². The van der Waals surface area contributed by atoms with E-state index in [2.05, 4.69) is 5.32 Å². The van der Waals surface area contributed by atoms with Crippen molar-refractivity contribution >= 4 is 11.8 Å². The third-order valence-corrected chi connectivity index (χ3v) is 4.42. The molecule has 5 heteroatoms. The van der Waals surface area contributed by atoms with Crippen molar-refractivity contribution in [2.24, 2.45) is 5.92 Å². The standard InChI is InChI=1S/C16H20N2O3/c1-11(13-7-8-21-10-13)18-9-14(19)17-15(16(18)20)12-5-3-2-4-6-12/h2-6,11,13,15H,7-10H2,1H3,(H,17,19). The van der Waals surface area contributed by atoms with Gasteiger partial charge in [0.15, 0.2) is 0 Å². The Morgan fingerprint density at radius 2 is 2.05 bits per heavy atom. The fraction of sp³-hybridized carbons (Fsp3) is 0.500. The predicted molar refractivity (Wildman–Crippen MR) is 77.4 cm³/mol. The molecule has 3 atom stereocenters. The second-order valence-corrected chi connectivity index (χ2v) is 5.74. The Kier molecular flexibility index (Phi) is 3.92. The van der Waals surface area contributed by atoms with E-state index in [0.717, 1.165) is 18.6 Å². The molecule has 0 radical (unpaired) electrons. The number of nitrogens with one attached hydrogen (secondary N) is 1. The number of hydrogen-bond acceptors (Lipinski definition) is 3. The van der Waals surface area contributed by atoms with Crippen molar-refractivity contribution in [3.05, 3.63) is 35.9 Å². The number of benzene rings is 1. The van der Waals surface area contributed by atoms with Gasteiger partial charge in [0.25, 0.3) is 5.91 Å². The van der Waals surface area contributed by atoms with Crippen LogP contribution in [0.15, 0.2) is 30.3 Å². The lowest BCUT2D eigenvalue weighted by Gasteiger charge is -2.38. The fourth-order valence-electron chi connectivity index (χ4n) is 3.07. The molecule has 0 aromatic heterocycles. The zero-order valence-electron chi connectivity index (χ0n) is 12.1. The van der Waals surface area contributed by atoms with Gasteiger partial charge in [0.1, 0.15) is 6.04 Å². The lowest BCUT2D eigenvalue weighted by molar-refractivity contribution is -0.147. The molecule has 0 aliphatic carbocycles. The summed E-state index contributed by atoms with van der Waals surface area (Å²) in [4.78, 5) is 26.4. The quantitative estimate of drug-likeness (QED) is 0.906. The first-order chi connectivity index (χ1) is 10.2. The first kappa shape index (κ1) is 14.1. The maximum absolute atomic E-state index is 12.7. The summed E-state index contributed by atoms with van der Waals surface area (Å²) in [6, 6.07) is 8.85. The molecule has 0 spiro atoms. The average Bonchev–Trinajstić information content (AvgIpc) is 3.04. The number of piperazine rings is 1. The summed E-state index contributed by atoms with van der Waals surface area (Å²) in [6.45, 7) is 3.56. The molecule has 3 unspecified atom stereocenters. The van der Waals surface area contributed by atoms with E-state index in [4.69, 9.17) is 4.74 Å². The molecule has 2 aliphatic rings. The van der Waals surface area contributed by atoms with Crippen molar-refractivity contribution in [3.8, 4) is 0 Å². The Morgan fingerprint density at radius 3 is 2.71 bits per heavy atom. The third kappa shape index (κ3) is 2.78. The minimum atomic E-state index is -0.572. The number of carbonyl (C=O) groups excluding carboxylic acids is 2. The molecule has 2 fully saturated rings. The monoisotopic (exact) mass is 288 g/mol. The van der Waals surface area contributed by atoms with E-state index in [9.17, 15) is 9.59 Å². The maximum Gasteiger partial charge on any atom is 0.250 e. The molecule has 1 aromatic carbocycles. The average molecular weight is 288 g/mol. The van der Waals surface area contributed by atoms with Crippen LogP contribution in [-0.4, -0.2) is 42.5 Å². The summed E-state index contributed by atoms with van der Waals surface area (Å²) in [5.74, 6) is 0.186. The molecule has 112 valence electrons. The van der Waals surface area contributed by atoms with Crippen molar-refractivity contribution in [1.29, 1.82) is 0 Å². The van der Waals surface area contributed by atoms with Gasteiger partial charge in [-0.3, -0.25) is 9.59 Å². The Morgan fingerprint density at radius 1 is 1.29 bits per heavy atom. The van der Waals surface area contributed by atoms with Gasteiger partial charge in [0, 0.05) is 18.6 Å². The van der Waals surface area contributed by atoms with Gasteiger partial charge in [-0.05, 0) is 18.9 Å². The smallest absolute Gasteiger partial charge is 0.250 e. The number of ether oxygens (including phenoxy) is 1. The summed E-state index contributed by atoms with van der Waals surface area (Å²) in [5, 5.41) is 2.80. The van der Waals surface area contributed by atoms with E-state index >= 15 is 0 Å². The zero-order valence-corrected chi connectivity index (χ0v) is 12.1. The highest BCUT2D eigenvalue weighted by Crippen LogP contribution is 2.26. The molecule has 5 nitrogen and oxygen atoms in total. The van der Waals surface area contributed by atoms with Crippen molar-refractivity contribution in [2.75, 3.05) is 19.8 Å². The van der Waals surface area contributed by atoms with Gasteiger partial charge in [-0.25, -0.2) is 0 Å². The summed E-state index contributed by atoms with van der Waals surface area (Å²) in [6.07, 6.45) is 0.947. The fourth-order valence-corrected chi connectivity index (χ4v) is 3.07. The van der Waals surface area contributed by atoms with Crippen LogP contribution in [0.5, 0.6) is 0 Å². The molecule has 0 saturated carbocycles. The number of amides is 2. The SMILES string of the molecule is CC(C1CCOC1)N1CC(=O)NC(c2ccccc2)C1=O. The van der Waals surface area contributed by atoms with Crippen LogP contribution >= 0.6 is 0 Å². The molecule has 1 aromatic rings. The largest absolute Gasteiger partial charge is 0.381 e. The van der Waals surface area contributed by atoms with Crippen LogP contribution in [0.2, 0.25) is 0 Å². The summed E-state index contributed by atoms with van der Waals surface area (Å²) in [7, 11) is 0. The van der Waals surface area contributed by atoms with Crippen LogP contribution < -0.4 is 5.32 Å². The predicted octanol–water partition coefficient (Wildman–Crippen LogP) is 1.11. The number of carbonyl (C=O) groups is 2. The van der Waals surface area contributed by atoms with Gasteiger partial charge in [0.05, 0.1) is 13.2 Å². The van der Waals surface area contributed by atoms with Gasteiger partial charge in [0.2, 0.25) is 5.91 Å². The molecule has 21 heavy (non-hydrogen) atoms. The van der Waals surface area contributed by atoms with Gasteiger partial charge >= 0.3 is 0 Å². The Labute approximate surface area is 124 Å². The van der Waals surface area contributed by atoms with Crippen LogP contribution in [0, 0.1) is 5.92 Å². The summed E-state index contributed by atoms with van der Waals surface area (Å²) < 4.78 is 5.40. The molecule has 2 amide bonds. The highest BCUT2D eigenvalue weighted by atomic mass is 16.5. The van der Waals surface area contributed by atoms with E-state index in [0.29, 0.717) is 12.5 Å². The van der Waals surface area contributed by atoms with E-state index in [1.54, 1.807) is 4.90 Å². The van der Waals surface area contributed by atoms with Crippen LogP contribution in [-0.2, 0) is 14.3 Å². The topological polar surface area (TPSA) is 58.6 Å². The van der Waals surface area contributed by atoms with E-state index in [1.165, 1.54) is 0 Å². The van der Waals surface area contributed by atoms with E-state index < -0.39 is 6.04 Å². The maximum atomic E-state index is 12.7.